The number of carboxylic acids is 1. The smallest absolute Gasteiger partial charge is 0.314 e. The number of carbonyl (C=O) groups is 2. The maximum atomic E-state index is 11.4. The number of hydrogen-bond acceptors (Lipinski definition) is 3. The SMILES string of the molecule is CN(C)CCCNC(=O)NCC1(C(=O)O)CC1. The fourth-order valence-corrected chi connectivity index (χ4v) is 1.53. The zero-order valence-corrected chi connectivity index (χ0v) is 10.5. The van der Waals surface area contributed by atoms with Gasteiger partial charge in [0.2, 0.25) is 0 Å². The predicted octanol–water partition coefficient (Wildman–Crippen LogP) is 0.102. The molecule has 1 rings (SSSR count). The van der Waals surface area contributed by atoms with Crippen LogP contribution in [-0.4, -0.2) is 55.7 Å². The van der Waals surface area contributed by atoms with Crippen molar-refractivity contribution in [1.82, 2.24) is 15.5 Å². The number of amides is 2. The first kappa shape index (κ1) is 13.8. The van der Waals surface area contributed by atoms with Gasteiger partial charge in [-0.05, 0) is 39.9 Å². The van der Waals surface area contributed by atoms with Crippen LogP contribution in [0.3, 0.4) is 0 Å². The van der Waals surface area contributed by atoms with Gasteiger partial charge in [-0.25, -0.2) is 4.79 Å². The van der Waals surface area contributed by atoms with Crippen molar-refractivity contribution >= 4 is 12.0 Å². The molecule has 0 radical (unpaired) electrons. The van der Waals surface area contributed by atoms with Crippen LogP contribution in [-0.2, 0) is 4.79 Å². The number of urea groups is 1. The summed E-state index contributed by atoms with van der Waals surface area (Å²) < 4.78 is 0. The summed E-state index contributed by atoms with van der Waals surface area (Å²) in [5.41, 5.74) is -0.693. The van der Waals surface area contributed by atoms with E-state index in [-0.39, 0.29) is 12.6 Å². The van der Waals surface area contributed by atoms with Crippen LogP contribution >= 0.6 is 0 Å². The van der Waals surface area contributed by atoms with Crippen molar-refractivity contribution in [2.45, 2.75) is 19.3 Å². The molecule has 0 aromatic heterocycles. The van der Waals surface area contributed by atoms with Crippen molar-refractivity contribution in [1.29, 1.82) is 0 Å². The van der Waals surface area contributed by atoms with Crippen molar-refractivity contribution in [3.63, 3.8) is 0 Å². The molecule has 0 aromatic carbocycles. The van der Waals surface area contributed by atoms with Crippen molar-refractivity contribution in [2.75, 3.05) is 33.7 Å². The summed E-state index contributed by atoms with van der Waals surface area (Å²) in [5, 5.41) is 14.2. The van der Waals surface area contributed by atoms with Gasteiger partial charge in [0.25, 0.3) is 0 Å². The van der Waals surface area contributed by atoms with Gasteiger partial charge < -0.3 is 20.6 Å². The lowest BCUT2D eigenvalue weighted by Gasteiger charge is -2.13. The van der Waals surface area contributed by atoms with Crippen molar-refractivity contribution < 1.29 is 14.7 Å². The van der Waals surface area contributed by atoms with Crippen LogP contribution in [0.1, 0.15) is 19.3 Å². The predicted molar refractivity (Wildman–Crippen MR) is 63.9 cm³/mol. The number of carboxylic acid groups (broad SMARTS) is 1. The molecule has 0 bridgehead atoms. The molecule has 1 fully saturated rings. The van der Waals surface area contributed by atoms with E-state index in [1.165, 1.54) is 0 Å². The Labute approximate surface area is 101 Å². The topological polar surface area (TPSA) is 81.7 Å². The number of aliphatic carboxylic acids is 1. The van der Waals surface area contributed by atoms with E-state index in [9.17, 15) is 9.59 Å². The molecular formula is C11H21N3O3. The Morgan fingerprint density at radius 3 is 2.41 bits per heavy atom. The average Bonchev–Trinajstić information content (AvgIpc) is 3.02. The standard InChI is InChI=1S/C11H21N3O3/c1-14(2)7-3-6-12-10(17)13-8-11(4-5-11)9(15)16/h3-8H2,1-2H3,(H,15,16)(H2,12,13,17). The van der Waals surface area contributed by atoms with Crippen molar-refractivity contribution in [2.24, 2.45) is 5.41 Å². The molecular weight excluding hydrogens is 222 g/mol. The second kappa shape index (κ2) is 5.86. The van der Waals surface area contributed by atoms with E-state index in [0.717, 1.165) is 13.0 Å². The summed E-state index contributed by atoms with van der Waals surface area (Å²) in [7, 11) is 3.95. The second-order valence-electron chi connectivity index (χ2n) is 4.85. The van der Waals surface area contributed by atoms with Crippen LogP contribution in [0.5, 0.6) is 0 Å². The normalized spacial score (nSPS) is 16.6. The summed E-state index contributed by atoms with van der Waals surface area (Å²) in [6, 6.07) is -0.281. The zero-order chi connectivity index (χ0) is 12.9. The van der Waals surface area contributed by atoms with Crippen LogP contribution in [0, 0.1) is 5.41 Å². The van der Waals surface area contributed by atoms with E-state index < -0.39 is 11.4 Å². The lowest BCUT2D eigenvalue weighted by Crippen LogP contribution is -2.41. The highest BCUT2D eigenvalue weighted by atomic mass is 16.4. The third-order valence-corrected chi connectivity index (χ3v) is 2.96. The van der Waals surface area contributed by atoms with E-state index in [1.54, 1.807) is 0 Å². The highest BCUT2D eigenvalue weighted by molar-refractivity contribution is 5.80. The first-order chi connectivity index (χ1) is 7.96. The molecule has 2 amide bonds. The minimum Gasteiger partial charge on any atom is -0.481 e. The molecule has 1 aliphatic carbocycles. The molecule has 17 heavy (non-hydrogen) atoms. The van der Waals surface area contributed by atoms with Crippen LogP contribution in [0.25, 0.3) is 0 Å². The fraction of sp³-hybridized carbons (Fsp3) is 0.818. The third kappa shape index (κ3) is 4.60. The largest absolute Gasteiger partial charge is 0.481 e. The summed E-state index contributed by atoms with van der Waals surface area (Å²) in [5.74, 6) is -0.814. The van der Waals surface area contributed by atoms with E-state index >= 15 is 0 Å². The van der Waals surface area contributed by atoms with E-state index in [1.807, 2.05) is 19.0 Å². The van der Waals surface area contributed by atoms with Gasteiger partial charge in [-0.2, -0.15) is 0 Å². The summed E-state index contributed by atoms with van der Waals surface area (Å²) >= 11 is 0. The minimum absolute atomic E-state index is 0.224. The molecule has 0 aromatic rings. The molecule has 0 spiro atoms. The summed E-state index contributed by atoms with van der Waals surface area (Å²) in [6.07, 6.45) is 2.19. The Balaban J connectivity index is 2.08. The molecule has 0 aliphatic heterocycles. The van der Waals surface area contributed by atoms with Gasteiger partial charge in [0.1, 0.15) is 0 Å². The molecule has 98 valence electrons. The molecule has 0 heterocycles. The van der Waals surface area contributed by atoms with Gasteiger partial charge >= 0.3 is 12.0 Å². The maximum absolute atomic E-state index is 11.4. The lowest BCUT2D eigenvalue weighted by atomic mass is 10.1. The van der Waals surface area contributed by atoms with Crippen LogP contribution in [0.4, 0.5) is 4.79 Å². The van der Waals surface area contributed by atoms with E-state index in [0.29, 0.717) is 19.4 Å². The Bertz CT molecular complexity index is 288. The lowest BCUT2D eigenvalue weighted by molar-refractivity contribution is -0.143. The molecule has 6 heteroatoms. The van der Waals surface area contributed by atoms with Crippen molar-refractivity contribution in [3.05, 3.63) is 0 Å². The number of carbonyl (C=O) groups excluding carboxylic acids is 1. The number of rotatable bonds is 7. The first-order valence-electron chi connectivity index (χ1n) is 5.86. The zero-order valence-electron chi connectivity index (χ0n) is 10.5. The monoisotopic (exact) mass is 243 g/mol. The number of nitrogens with one attached hydrogen (secondary N) is 2. The molecule has 1 saturated carbocycles. The quantitative estimate of drug-likeness (QED) is 0.554. The van der Waals surface area contributed by atoms with Crippen LogP contribution in [0.15, 0.2) is 0 Å². The highest BCUT2D eigenvalue weighted by Gasteiger charge is 2.50. The second-order valence-corrected chi connectivity index (χ2v) is 4.85. The van der Waals surface area contributed by atoms with Crippen molar-refractivity contribution in [3.8, 4) is 0 Å². The average molecular weight is 243 g/mol. The fourth-order valence-electron chi connectivity index (χ4n) is 1.53. The van der Waals surface area contributed by atoms with Gasteiger partial charge in [0.05, 0.1) is 5.41 Å². The molecule has 0 unspecified atom stereocenters. The Morgan fingerprint density at radius 2 is 1.94 bits per heavy atom. The van der Waals surface area contributed by atoms with Gasteiger partial charge in [-0.1, -0.05) is 0 Å². The van der Waals surface area contributed by atoms with Gasteiger partial charge in [0.15, 0.2) is 0 Å². The van der Waals surface area contributed by atoms with E-state index in [4.69, 9.17) is 5.11 Å². The summed E-state index contributed by atoms with van der Waals surface area (Å²) in [4.78, 5) is 24.3. The number of hydrogen-bond donors (Lipinski definition) is 3. The van der Waals surface area contributed by atoms with Gasteiger partial charge in [-0.15, -0.1) is 0 Å². The molecule has 3 N–H and O–H groups in total. The van der Waals surface area contributed by atoms with Crippen LogP contribution < -0.4 is 10.6 Å². The first-order valence-corrected chi connectivity index (χ1v) is 5.86. The maximum Gasteiger partial charge on any atom is 0.314 e. The van der Waals surface area contributed by atoms with Crippen LogP contribution in [0.2, 0.25) is 0 Å². The molecule has 0 atom stereocenters. The molecule has 0 saturated heterocycles. The highest BCUT2D eigenvalue weighted by Crippen LogP contribution is 2.45. The third-order valence-electron chi connectivity index (χ3n) is 2.96. The Kier molecular flexibility index (Phi) is 4.74. The molecule has 6 nitrogen and oxygen atoms in total. The Morgan fingerprint density at radius 1 is 1.29 bits per heavy atom. The van der Waals surface area contributed by atoms with Gasteiger partial charge in [0, 0.05) is 13.1 Å². The summed E-state index contributed by atoms with van der Waals surface area (Å²) in [6.45, 7) is 1.74. The number of nitrogens with zero attached hydrogens (tertiary/aromatic N) is 1. The Hall–Kier alpha value is -1.30. The molecule has 1 aliphatic rings. The minimum atomic E-state index is -0.814. The van der Waals surface area contributed by atoms with E-state index in [2.05, 4.69) is 10.6 Å². The van der Waals surface area contributed by atoms with Gasteiger partial charge in [-0.3, -0.25) is 4.79 Å².